The Kier molecular flexibility index (Phi) is 43.3. The summed E-state index contributed by atoms with van der Waals surface area (Å²) >= 11 is 0. The Balaban J connectivity index is 4.17. The third kappa shape index (κ3) is 44.3. The Morgan fingerprint density at radius 1 is 0.492 bits per heavy atom. The van der Waals surface area contributed by atoms with Gasteiger partial charge in [-0.05, 0) is 57.8 Å². The molecule has 10 nitrogen and oxygen atoms in total. The van der Waals surface area contributed by atoms with Crippen molar-refractivity contribution in [2.24, 2.45) is 0 Å². The van der Waals surface area contributed by atoms with Crippen LogP contribution in [0.4, 0.5) is 0 Å². The molecule has 0 rings (SSSR count). The fourth-order valence-electron chi connectivity index (χ4n) is 6.79. The third-order valence-corrected chi connectivity index (χ3v) is 11.5. The molecule has 3 N–H and O–H groups in total. The van der Waals surface area contributed by atoms with Crippen LogP contribution in [-0.2, 0) is 32.7 Å². The molecule has 0 amide bonds. The van der Waals surface area contributed by atoms with E-state index in [-0.39, 0.29) is 19.4 Å². The molecule has 0 aliphatic heterocycles. The van der Waals surface area contributed by atoms with Gasteiger partial charge in [0.05, 0.1) is 19.8 Å². The van der Waals surface area contributed by atoms with Crippen LogP contribution in [0.25, 0.3) is 0 Å². The van der Waals surface area contributed by atoms with Gasteiger partial charge in [0.1, 0.15) is 12.7 Å². The van der Waals surface area contributed by atoms with E-state index in [0.717, 1.165) is 38.5 Å². The molecule has 59 heavy (non-hydrogen) atoms. The van der Waals surface area contributed by atoms with Crippen molar-refractivity contribution in [3.8, 4) is 0 Å². The van der Waals surface area contributed by atoms with Gasteiger partial charge in [-0.15, -0.1) is 0 Å². The van der Waals surface area contributed by atoms with E-state index >= 15 is 0 Å². The summed E-state index contributed by atoms with van der Waals surface area (Å²) in [6.07, 6.45) is 45.7. The van der Waals surface area contributed by atoms with Crippen molar-refractivity contribution >= 4 is 19.8 Å². The summed E-state index contributed by atoms with van der Waals surface area (Å²) in [6, 6.07) is 0. The maximum Gasteiger partial charge on any atom is 0.472 e. The largest absolute Gasteiger partial charge is 0.472 e. The van der Waals surface area contributed by atoms with E-state index in [2.05, 4.69) is 38.2 Å². The molecule has 11 heteroatoms. The van der Waals surface area contributed by atoms with Crippen molar-refractivity contribution in [2.75, 3.05) is 26.4 Å². The van der Waals surface area contributed by atoms with E-state index in [1.54, 1.807) is 0 Å². The number of rotatable bonds is 46. The van der Waals surface area contributed by atoms with Crippen molar-refractivity contribution < 1.29 is 47.8 Å². The van der Waals surface area contributed by atoms with Gasteiger partial charge in [0.2, 0.25) is 0 Å². The fourth-order valence-corrected chi connectivity index (χ4v) is 7.58. The van der Waals surface area contributed by atoms with Gasteiger partial charge >= 0.3 is 19.8 Å². The zero-order chi connectivity index (χ0) is 43.3. The molecule has 0 aromatic carbocycles. The standard InChI is InChI=1S/C48H91O10P/c1-3-5-7-9-11-13-15-17-19-20-21-22-23-24-26-27-29-31-33-35-37-39-47(51)55-43-46(44-57-59(53,54)56-42-45(50)41-49)58-48(52)40-38-36-34-32-30-28-25-18-16-14-12-10-8-6-4-2/h10,12,17,19,45-46,49-50H,3-9,11,13-16,18,20-44H2,1-2H3,(H,53,54)/b12-10+,19-17+/t45-,46+/m1/s1. The van der Waals surface area contributed by atoms with Crippen LogP contribution in [0, 0.1) is 0 Å². The number of carbonyl (C=O) groups is 2. The van der Waals surface area contributed by atoms with Gasteiger partial charge in [0.25, 0.3) is 0 Å². The van der Waals surface area contributed by atoms with E-state index in [9.17, 15) is 24.2 Å². The molecule has 0 spiro atoms. The minimum absolute atomic E-state index is 0.184. The summed E-state index contributed by atoms with van der Waals surface area (Å²) in [4.78, 5) is 35.1. The predicted molar refractivity (Wildman–Crippen MR) is 242 cm³/mol. The molecule has 0 bridgehead atoms. The van der Waals surface area contributed by atoms with Crippen molar-refractivity contribution in [2.45, 2.75) is 244 Å². The smallest absolute Gasteiger partial charge is 0.462 e. The SMILES string of the molecule is CCCC/C=C/CCCCCCCCCCCC(=O)O[C@@H](COC(=O)CCCCCCCCCCCCC/C=C/CCCCCCCC)COP(=O)(O)OC[C@H](O)CO. The van der Waals surface area contributed by atoms with Crippen LogP contribution >= 0.6 is 7.82 Å². The molecule has 348 valence electrons. The van der Waals surface area contributed by atoms with Crippen LogP contribution < -0.4 is 0 Å². The number of phosphoric ester groups is 1. The highest BCUT2D eigenvalue weighted by atomic mass is 31.2. The Labute approximate surface area is 361 Å². The van der Waals surface area contributed by atoms with Crippen LogP contribution in [0.15, 0.2) is 24.3 Å². The zero-order valence-electron chi connectivity index (χ0n) is 38.0. The quantitative estimate of drug-likeness (QED) is 0.0234. The highest BCUT2D eigenvalue weighted by Gasteiger charge is 2.27. The van der Waals surface area contributed by atoms with Gasteiger partial charge in [0, 0.05) is 12.8 Å². The van der Waals surface area contributed by atoms with Crippen molar-refractivity contribution in [1.82, 2.24) is 0 Å². The number of aliphatic hydroxyl groups excluding tert-OH is 2. The van der Waals surface area contributed by atoms with Crippen molar-refractivity contribution in [3.05, 3.63) is 24.3 Å². The fraction of sp³-hybridized carbons (Fsp3) is 0.875. The number of phosphoric acid groups is 1. The second kappa shape index (κ2) is 44.5. The van der Waals surface area contributed by atoms with E-state index in [1.165, 1.54) is 154 Å². The van der Waals surface area contributed by atoms with Crippen LogP contribution in [0.5, 0.6) is 0 Å². The number of unbranched alkanes of at least 4 members (excludes halogenated alkanes) is 28. The molecule has 1 unspecified atom stereocenters. The number of allylic oxidation sites excluding steroid dienone is 4. The van der Waals surface area contributed by atoms with Gasteiger partial charge < -0.3 is 24.6 Å². The predicted octanol–water partition coefficient (Wildman–Crippen LogP) is 13.3. The Bertz CT molecular complexity index is 1040. The second-order valence-corrected chi connectivity index (χ2v) is 17.9. The number of hydrogen-bond acceptors (Lipinski definition) is 9. The van der Waals surface area contributed by atoms with Crippen LogP contribution in [0.3, 0.4) is 0 Å². The first-order valence-corrected chi connectivity index (χ1v) is 25.8. The lowest BCUT2D eigenvalue weighted by Gasteiger charge is -2.20. The van der Waals surface area contributed by atoms with Crippen LogP contribution in [0.1, 0.15) is 232 Å². The Hall–Kier alpha value is -1.55. The maximum atomic E-state index is 12.6. The molecule has 0 saturated heterocycles. The Morgan fingerprint density at radius 2 is 0.847 bits per heavy atom. The molecule has 0 heterocycles. The number of carbonyl (C=O) groups excluding carboxylic acids is 2. The van der Waals surface area contributed by atoms with Gasteiger partial charge in [-0.2, -0.15) is 0 Å². The lowest BCUT2D eigenvalue weighted by molar-refractivity contribution is -0.161. The normalized spacial score (nSPS) is 13.9. The summed E-state index contributed by atoms with van der Waals surface area (Å²) in [7, 11) is -4.62. The molecular formula is C48H91O10P. The van der Waals surface area contributed by atoms with Gasteiger partial charge in [-0.25, -0.2) is 4.57 Å². The number of aliphatic hydroxyl groups is 2. The summed E-state index contributed by atoms with van der Waals surface area (Å²) in [5.74, 6) is -0.919. The molecule has 0 aliphatic carbocycles. The first-order valence-electron chi connectivity index (χ1n) is 24.3. The molecule has 3 atom stereocenters. The van der Waals surface area contributed by atoms with Crippen molar-refractivity contribution in [3.63, 3.8) is 0 Å². The van der Waals surface area contributed by atoms with E-state index in [0.29, 0.717) is 12.8 Å². The summed E-state index contributed by atoms with van der Waals surface area (Å²) in [6.45, 7) is 2.38. The van der Waals surface area contributed by atoms with Gasteiger partial charge in [-0.1, -0.05) is 186 Å². The van der Waals surface area contributed by atoms with Gasteiger partial charge in [-0.3, -0.25) is 18.6 Å². The molecule has 0 radical (unpaired) electrons. The van der Waals surface area contributed by atoms with E-state index in [1.807, 2.05) is 0 Å². The molecule has 0 aliphatic rings. The van der Waals surface area contributed by atoms with E-state index < -0.39 is 51.8 Å². The summed E-state index contributed by atoms with van der Waals surface area (Å²) in [5.41, 5.74) is 0. The summed E-state index contributed by atoms with van der Waals surface area (Å²) < 4.78 is 32.8. The zero-order valence-corrected chi connectivity index (χ0v) is 38.9. The van der Waals surface area contributed by atoms with Gasteiger partial charge in [0.15, 0.2) is 6.10 Å². The number of esters is 2. The topological polar surface area (TPSA) is 149 Å². The minimum Gasteiger partial charge on any atom is -0.462 e. The average molecular weight is 859 g/mol. The van der Waals surface area contributed by atoms with Crippen LogP contribution in [0.2, 0.25) is 0 Å². The monoisotopic (exact) mass is 859 g/mol. The lowest BCUT2D eigenvalue weighted by Crippen LogP contribution is -2.29. The van der Waals surface area contributed by atoms with Crippen molar-refractivity contribution in [1.29, 1.82) is 0 Å². The first-order chi connectivity index (χ1) is 28.7. The Morgan fingerprint density at radius 3 is 1.27 bits per heavy atom. The van der Waals surface area contributed by atoms with E-state index in [4.69, 9.17) is 23.6 Å². The average Bonchev–Trinajstić information content (AvgIpc) is 3.22. The minimum atomic E-state index is -4.62. The first kappa shape index (κ1) is 57.4. The summed E-state index contributed by atoms with van der Waals surface area (Å²) in [5, 5.41) is 18.4. The maximum absolute atomic E-state index is 12.6. The highest BCUT2D eigenvalue weighted by Crippen LogP contribution is 2.43. The molecular weight excluding hydrogens is 767 g/mol. The molecule has 0 saturated carbocycles. The third-order valence-electron chi connectivity index (χ3n) is 10.6. The number of ether oxygens (including phenoxy) is 2. The molecule has 0 fully saturated rings. The van der Waals surface area contributed by atoms with Crippen LogP contribution in [-0.4, -0.2) is 65.7 Å². The second-order valence-electron chi connectivity index (χ2n) is 16.5. The number of hydrogen-bond donors (Lipinski definition) is 3. The molecule has 0 aromatic rings. The molecule has 0 aromatic heterocycles. The highest BCUT2D eigenvalue weighted by molar-refractivity contribution is 7.47. The lowest BCUT2D eigenvalue weighted by atomic mass is 10.0.